The Bertz CT molecular complexity index is 338. The van der Waals surface area contributed by atoms with Crippen molar-refractivity contribution in [2.75, 3.05) is 11.5 Å². The van der Waals surface area contributed by atoms with E-state index in [9.17, 15) is 4.21 Å². The van der Waals surface area contributed by atoms with Gasteiger partial charge >= 0.3 is 0 Å². The van der Waals surface area contributed by atoms with Gasteiger partial charge in [-0.15, -0.1) is 0 Å². The Kier molecular flexibility index (Phi) is 3.57. The summed E-state index contributed by atoms with van der Waals surface area (Å²) in [6.07, 6.45) is 6.21. The number of rotatable bonds is 3. The summed E-state index contributed by atoms with van der Waals surface area (Å²) in [6, 6.07) is 0. The fourth-order valence-corrected chi connectivity index (χ4v) is 3.35. The maximum Gasteiger partial charge on any atom is 0.109 e. The second kappa shape index (κ2) is 4.92. The number of hydrogen-bond donors (Lipinski definition) is 1. The lowest BCUT2D eigenvalue weighted by atomic mass is 10.0. The summed E-state index contributed by atoms with van der Waals surface area (Å²) < 4.78 is 11.2. The number of aryl methyl sites for hydroxylation is 1. The average Bonchev–Trinajstić information content (AvgIpc) is 2.68. The molecular formula is C11H18N2OS. The summed E-state index contributed by atoms with van der Waals surface area (Å²) in [7, 11) is -0.573. The maximum atomic E-state index is 11.2. The fourth-order valence-electron chi connectivity index (χ4n) is 2.05. The summed E-state index contributed by atoms with van der Waals surface area (Å²) in [5, 5.41) is 0. The lowest BCUT2D eigenvalue weighted by Crippen LogP contribution is -2.17. The third-order valence-electron chi connectivity index (χ3n) is 2.94. The second-order valence-electron chi connectivity index (χ2n) is 4.17. The second-order valence-corrected chi connectivity index (χ2v) is 5.86. The molecule has 84 valence electrons. The van der Waals surface area contributed by atoms with Crippen LogP contribution in [0.1, 0.15) is 43.6 Å². The molecule has 1 aromatic heterocycles. The zero-order valence-electron chi connectivity index (χ0n) is 9.16. The van der Waals surface area contributed by atoms with Gasteiger partial charge in [0.2, 0.25) is 0 Å². The molecule has 1 fully saturated rings. The quantitative estimate of drug-likeness (QED) is 0.856. The molecule has 2 rings (SSSR count). The Balaban J connectivity index is 1.99. The molecule has 1 aliphatic rings. The van der Waals surface area contributed by atoms with Gasteiger partial charge in [0.25, 0.3) is 0 Å². The van der Waals surface area contributed by atoms with Gasteiger partial charge in [-0.05, 0) is 19.3 Å². The van der Waals surface area contributed by atoms with Gasteiger partial charge < -0.3 is 4.98 Å². The van der Waals surface area contributed by atoms with Crippen LogP contribution in [-0.2, 0) is 17.2 Å². The van der Waals surface area contributed by atoms with Crippen LogP contribution in [0.3, 0.4) is 0 Å². The minimum atomic E-state index is -0.573. The van der Waals surface area contributed by atoms with Crippen LogP contribution in [0, 0.1) is 0 Å². The van der Waals surface area contributed by atoms with Gasteiger partial charge in [-0.1, -0.05) is 13.3 Å². The van der Waals surface area contributed by atoms with Gasteiger partial charge in [-0.2, -0.15) is 0 Å². The largest absolute Gasteiger partial charge is 0.346 e. The van der Waals surface area contributed by atoms with Crippen LogP contribution in [0.2, 0.25) is 0 Å². The number of imidazole rings is 1. The van der Waals surface area contributed by atoms with E-state index in [1.807, 2.05) is 6.20 Å². The Labute approximate surface area is 93.1 Å². The number of nitrogens with zero attached hydrogens (tertiary/aromatic N) is 1. The third-order valence-corrected chi connectivity index (χ3v) is 4.32. The fraction of sp³-hybridized carbons (Fsp3) is 0.727. The molecule has 1 saturated heterocycles. The zero-order valence-corrected chi connectivity index (χ0v) is 9.98. The van der Waals surface area contributed by atoms with Gasteiger partial charge in [0.15, 0.2) is 0 Å². The van der Waals surface area contributed by atoms with E-state index in [2.05, 4.69) is 16.9 Å². The van der Waals surface area contributed by atoms with Crippen molar-refractivity contribution >= 4 is 10.8 Å². The monoisotopic (exact) mass is 226 g/mol. The van der Waals surface area contributed by atoms with E-state index < -0.39 is 10.8 Å². The third kappa shape index (κ3) is 2.68. The molecule has 0 aromatic carbocycles. The maximum absolute atomic E-state index is 11.2. The molecule has 0 spiro atoms. The smallest absolute Gasteiger partial charge is 0.109 e. The first-order chi connectivity index (χ1) is 7.29. The molecule has 0 atom stereocenters. The van der Waals surface area contributed by atoms with Gasteiger partial charge in [0.1, 0.15) is 5.82 Å². The number of nitrogens with one attached hydrogen (secondary N) is 1. The molecule has 2 heterocycles. The van der Waals surface area contributed by atoms with Crippen molar-refractivity contribution in [2.24, 2.45) is 0 Å². The molecule has 0 aliphatic carbocycles. The van der Waals surface area contributed by atoms with Crippen LogP contribution >= 0.6 is 0 Å². The molecule has 0 amide bonds. The molecule has 0 radical (unpaired) electrons. The molecule has 3 nitrogen and oxygen atoms in total. The van der Waals surface area contributed by atoms with Crippen molar-refractivity contribution in [3.8, 4) is 0 Å². The highest BCUT2D eigenvalue weighted by molar-refractivity contribution is 7.85. The summed E-state index contributed by atoms with van der Waals surface area (Å²) in [5.41, 5.74) is 1.24. The highest BCUT2D eigenvalue weighted by atomic mass is 32.2. The molecule has 0 saturated carbocycles. The summed E-state index contributed by atoms with van der Waals surface area (Å²) in [4.78, 5) is 7.82. The molecule has 1 aromatic rings. The lowest BCUT2D eigenvalue weighted by molar-refractivity contribution is 0.581. The van der Waals surface area contributed by atoms with E-state index >= 15 is 0 Å². The minimum absolute atomic E-state index is 0.508. The van der Waals surface area contributed by atoms with Crippen molar-refractivity contribution in [3.05, 3.63) is 17.7 Å². The SMILES string of the molecule is CCCc1cnc(C2CCS(=O)CC2)[nH]1. The van der Waals surface area contributed by atoms with Gasteiger partial charge in [-0.25, -0.2) is 4.98 Å². The van der Waals surface area contributed by atoms with Gasteiger partial charge in [0, 0.05) is 40.1 Å². The molecule has 1 N–H and O–H groups in total. The highest BCUT2D eigenvalue weighted by Crippen LogP contribution is 2.25. The summed E-state index contributed by atoms with van der Waals surface area (Å²) in [5.74, 6) is 3.30. The van der Waals surface area contributed by atoms with Crippen molar-refractivity contribution in [3.63, 3.8) is 0 Å². The number of aromatic nitrogens is 2. The van der Waals surface area contributed by atoms with Crippen molar-refractivity contribution < 1.29 is 4.21 Å². The molecular weight excluding hydrogens is 208 g/mol. The van der Waals surface area contributed by atoms with E-state index in [1.54, 1.807) is 0 Å². The highest BCUT2D eigenvalue weighted by Gasteiger charge is 2.21. The topological polar surface area (TPSA) is 45.8 Å². The minimum Gasteiger partial charge on any atom is -0.346 e. The van der Waals surface area contributed by atoms with Crippen molar-refractivity contribution in [2.45, 2.75) is 38.5 Å². The number of hydrogen-bond acceptors (Lipinski definition) is 2. The first kappa shape index (κ1) is 10.9. The van der Waals surface area contributed by atoms with E-state index in [4.69, 9.17) is 0 Å². The first-order valence-electron chi connectivity index (χ1n) is 5.68. The Hall–Kier alpha value is -0.640. The van der Waals surface area contributed by atoms with Crippen LogP contribution in [0.15, 0.2) is 6.20 Å². The predicted molar refractivity (Wildman–Crippen MR) is 62.4 cm³/mol. The van der Waals surface area contributed by atoms with Gasteiger partial charge in [-0.3, -0.25) is 4.21 Å². The summed E-state index contributed by atoms with van der Waals surface area (Å²) in [6.45, 7) is 2.17. The first-order valence-corrected chi connectivity index (χ1v) is 7.17. The van der Waals surface area contributed by atoms with Crippen molar-refractivity contribution in [1.82, 2.24) is 9.97 Å². The standard InChI is InChI=1S/C11H18N2OS/c1-2-3-10-8-12-11(13-10)9-4-6-15(14)7-5-9/h8-9H,2-7H2,1H3,(H,12,13). The molecule has 1 aliphatic heterocycles. The Morgan fingerprint density at radius 1 is 1.53 bits per heavy atom. The van der Waals surface area contributed by atoms with Crippen LogP contribution < -0.4 is 0 Å². The van der Waals surface area contributed by atoms with E-state index in [0.29, 0.717) is 5.92 Å². The molecule has 0 unspecified atom stereocenters. The van der Waals surface area contributed by atoms with Gasteiger partial charge in [0.05, 0.1) is 0 Å². The zero-order chi connectivity index (χ0) is 10.7. The predicted octanol–water partition coefficient (Wildman–Crippen LogP) is 1.99. The molecule has 15 heavy (non-hydrogen) atoms. The number of aromatic amines is 1. The van der Waals surface area contributed by atoms with E-state index in [-0.39, 0.29) is 0 Å². The average molecular weight is 226 g/mol. The normalized spacial score (nSPS) is 26.7. The van der Waals surface area contributed by atoms with Crippen LogP contribution in [0.5, 0.6) is 0 Å². The van der Waals surface area contributed by atoms with Crippen LogP contribution in [0.25, 0.3) is 0 Å². The van der Waals surface area contributed by atoms with Crippen LogP contribution in [-0.4, -0.2) is 25.7 Å². The Morgan fingerprint density at radius 3 is 2.93 bits per heavy atom. The summed E-state index contributed by atoms with van der Waals surface area (Å²) >= 11 is 0. The molecule has 4 heteroatoms. The number of H-pyrrole nitrogens is 1. The van der Waals surface area contributed by atoms with E-state index in [1.165, 1.54) is 5.69 Å². The van der Waals surface area contributed by atoms with Crippen LogP contribution in [0.4, 0.5) is 0 Å². The lowest BCUT2D eigenvalue weighted by Gasteiger charge is -2.18. The Morgan fingerprint density at radius 2 is 2.27 bits per heavy atom. The van der Waals surface area contributed by atoms with Crippen molar-refractivity contribution in [1.29, 1.82) is 0 Å². The molecule has 0 bridgehead atoms. The van der Waals surface area contributed by atoms with E-state index in [0.717, 1.165) is 43.0 Å².